The van der Waals surface area contributed by atoms with Gasteiger partial charge in [0.2, 0.25) is 0 Å². The third-order valence-electron chi connectivity index (χ3n) is 4.11. The second-order valence-electron chi connectivity index (χ2n) is 5.66. The number of benzene rings is 1. The van der Waals surface area contributed by atoms with Gasteiger partial charge in [0.15, 0.2) is 5.82 Å². The van der Waals surface area contributed by atoms with Crippen LogP contribution >= 0.6 is 0 Å². The third kappa shape index (κ3) is 2.33. The first-order valence-electron chi connectivity index (χ1n) is 7.09. The van der Waals surface area contributed by atoms with E-state index in [1.165, 1.54) is 19.3 Å². The Kier molecular flexibility index (Phi) is 3.30. The molecule has 6 heteroatoms. The minimum Gasteiger partial charge on any atom is -0.399 e. The lowest BCUT2D eigenvalue weighted by Gasteiger charge is -2.29. The van der Waals surface area contributed by atoms with E-state index in [1.54, 1.807) is 6.07 Å². The largest absolute Gasteiger partial charge is 0.399 e. The standard InChI is InChI=1S/C14H20N6/c1-9-4-2-3-5-13(9)20-14(17-18-19-20)10-6-11(15)8-12(16)7-10/h6-9,13H,2-5,15-16H2,1H3. The Bertz CT molecular complexity index is 585. The SMILES string of the molecule is CC1CCCCC1n1nnnc1-c1cc(N)cc(N)c1. The minimum atomic E-state index is 0.358. The topological polar surface area (TPSA) is 95.6 Å². The second kappa shape index (κ2) is 5.11. The lowest BCUT2D eigenvalue weighted by atomic mass is 9.86. The lowest BCUT2D eigenvalue weighted by molar-refractivity contribution is 0.239. The van der Waals surface area contributed by atoms with Crippen molar-refractivity contribution in [2.75, 3.05) is 11.5 Å². The highest BCUT2D eigenvalue weighted by Gasteiger charge is 2.26. The number of aromatic nitrogens is 4. The zero-order chi connectivity index (χ0) is 14.1. The highest BCUT2D eigenvalue weighted by atomic mass is 15.5. The van der Waals surface area contributed by atoms with Gasteiger partial charge in [-0.25, -0.2) is 4.68 Å². The van der Waals surface area contributed by atoms with Gasteiger partial charge >= 0.3 is 0 Å². The van der Waals surface area contributed by atoms with Crippen LogP contribution in [0.1, 0.15) is 38.6 Å². The highest BCUT2D eigenvalue weighted by molar-refractivity contribution is 5.67. The Labute approximate surface area is 118 Å². The van der Waals surface area contributed by atoms with Gasteiger partial charge in [0.05, 0.1) is 6.04 Å². The van der Waals surface area contributed by atoms with E-state index in [-0.39, 0.29) is 0 Å². The fourth-order valence-electron chi connectivity index (χ4n) is 3.07. The number of nitrogens with zero attached hydrogens (tertiary/aromatic N) is 4. The molecule has 3 rings (SSSR count). The first-order valence-corrected chi connectivity index (χ1v) is 7.09. The van der Waals surface area contributed by atoms with Gasteiger partial charge in [0, 0.05) is 16.9 Å². The predicted octanol–water partition coefficient (Wildman–Crippen LogP) is 2.26. The molecule has 2 unspecified atom stereocenters. The fourth-order valence-corrected chi connectivity index (χ4v) is 3.07. The van der Waals surface area contributed by atoms with E-state index in [4.69, 9.17) is 11.5 Å². The van der Waals surface area contributed by atoms with Crippen LogP contribution in [0.25, 0.3) is 11.4 Å². The fraction of sp³-hybridized carbons (Fsp3) is 0.500. The summed E-state index contributed by atoms with van der Waals surface area (Å²) in [4.78, 5) is 0. The normalized spacial score (nSPS) is 22.9. The van der Waals surface area contributed by atoms with Crippen LogP contribution < -0.4 is 11.5 Å². The number of anilines is 2. The number of nitrogens with two attached hydrogens (primary N) is 2. The summed E-state index contributed by atoms with van der Waals surface area (Å²) in [6.07, 6.45) is 4.87. The van der Waals surface area contributed by atoms with Gasteiger partial charge in [-0.2, -0.15) is 0 Å². The van der Waals surface area contributed by atoms with Crippen molar-refractivity contribution in [3.05, 3.63) is 18.2 Å². The van der Waals surface area contributed by atoms with Gasteiger partial charge in [-0.1, -0.05) is 19.8 Å². The van der Waals surface area contributed by atoms with E-state index in [1.807, 2.05) is 16.8 Å². The van der Waals surface area contributed by atoms with Crippen molar-refractivity contribution in [1.82, 2.24) is 20.2 Å². The number of hydrogen-bond donors (Lipinski definition) is 2. The van der Waals surface area contributed by atoms with Gasteiger partial charge in [0.1, 0.15) is 0 Å². The van der Waals surface area contributed by atoms with E-state index >= 15 is 0 Å². The number of nitrogen functional groups attached to an aromatic ring is 2. The summed E-state index contributed by atoms with van der Waals surface area (Å²) in [5, 5.41) is 12.2. The van der Waals surface area contributed by atoms with Crippen molar-refractivity contribution >= 4 is 11.4 Å². The van der Waals surface area contributed by atoms with Gasteiger partial charge in [0.25, 0.3) is 0 Å². The Morgan fingerprint density at radius 2 is 1.80 bits per heavy atom. The van der Waals surface area contributed by atoms with Crippen molar-refractivity contribution in [2.45, 2.75) is 38.6 Å². The van der Waals surface area contributed by atoms with Crippen LogP contribution in [0.5, 0.6) is 0 Å². The van der Waals surface area contributed by atoms with Crippen molar-refractivity contribution in [3.8, 4) is 11.4 Å². The summed E-state index contributed by atoms with van der Waals surface area (Å²) in [5.74, 6) is 1.34. The quantitative estimate of drug-likeness (QED) is 0.817. The first kappa shape index (κ1) is 12.9. The van der Waals surface area contributed by atoms with Crippen molar-refractivity contribution in [1.29, 1.82) is 0 Å². The van der Waals surface area contributed by atoms with Crippen LogP contribution in [0.3, 0.4) is 0 Å². The molecule has 0 saturated heterocycles. The molecule has 0 spiro atoms. The first-order chi connectivity index (χ1) is 9.65. The van der Waals surface area contributed by atoms with Crippen molar-refractivity contribution < 1.29 is 0 Å². The van der Waals surface area contributed by atoms with E-state index in [9.17, 15) is 0 Å². The number of tetrazole rings is 1. The zero-order valence-electron chi connectivity index (χ0n) is 11.7. The van der Waals surface area contributed by atoms with Gasteiger partial charge in [-0.15, -0.1) is 5.10 Å². The molecule has 106 valence electrons. The Morgan fingerprint density at radius 1 is 1.10 bits per heavy atom. The monoisotopic (exact) mass is 272 g/mol. The maximum atomic E-state index is 5.86. The molecule has 2 atom stereocenters. The van der Waals surface area contributed by atoms with Gasteiger partial charge in [-0.05, 0) is 47.4 Å². The summed E-state index contributed by atoms with van der Waals surface area (Å²) in [6, 6.07) is 5.83. The Hall–Kier alpha value is -2.11. The van der Waals surface area contributed by atoms with Gasteiger partial charge in [-0.3, -0.25) is 0 Å². The summed E-state index contributed by atoms with van der Waals surface area (Å²) >= 11 is 0. The lowest BCUT2D eigenvalue weighted by Crippen LogP contribution is -2.23. The molecule has 1 heterocycles. The molecular weight excluding hydrogens is 252 g/mol. The molecule has 1 aliphatic rings. The molecule has 1 aromatic heterocycles. The Balaban J connectivity index is 2.01. The van der Waals surface area contributed by atoms with Crippen molar-refractivity contribution in [2.24, 2.45) is 5.92 Å². The maximum absolute atomic E-state index is 5.86. The molecule has 1 saturated carbocycles. The van der Waals surface area contributed by atoms with Crippen LogP contribution in [0.4, 0.5) is 11.4 Å². The molecular formula is C14H20N6. The van der Waals surface area contributed by atoms with Crippen LogP contribution in [0.2, 0.25) is 0 Å². The summed E-state index contributed by atoms with van der Waals surface area (Å²) in [6.45, 7) is 2.27. The van der Waals surface area contributed by atoms with Crippen molar-refractivity contribution in [3.63, 3.8) is 0 Å². The molecule has 2 aromatic rings. The number of rotatable bonds is 2. The molecule has 0 amide bonds. The Morgan fingerprint density at radius 3 is 2.50 bits per heavy atom. The molecule has 1 fully saturated rings. The molecule has 20 heavy (non-hydrogen) atoms. The van der Waals surface area contributed by atoms with E-state index in [0.717, 1.165) is 17.8 Å². The molecule has 4 N–H and O–H groups in total. The predicted molar refractivity (Wildman–Crippen MR) is 78.7 cm³/mol. The van der Waals surface area contributed by atoms with Crippen LogP contribution in [0.15, 0.2) is 18.2 Å². The molecule has 0 bridgehead atoms. The third-order valence-corrected chi connectivity index (χ3v) is 4.11. The van der Waals surface area contributed by atoms with E-state index in [2.05, 4.69) is 22.4 Å². The number of hydrogen-bond acceptors (Lipinski definition) is 5. The van der Waals surface area contributed by atoms with Gasteiger partial charge < -0.3 is 11.5 Å². The summed E-state index contributed by atoms with van der Waals surface area (Å²) < 4.78 is 1.94. The highest BCUT2D eigenvalue weighted by Crippen LogP contribution is 2.35. The molecule has 1 aliphatic carbocycles. The smallest absolute Gasteiger partial charge is 0.182 e. The van der Waals surface area contributed by atoms with E-state index < -0.39 is 0 Å². The molecule has 1 aromatic carbocycles. The maximum Gasteiger partial charge on any atom is 0.182 e. The second-order valence-corrected chi connectivity index (χ2v) is 5.66. The zero-order valence-corrected chi connectivity index (χ0v) is 11.7. The molecule has 0 radical (unpaired) electrons. The van der Waals surface area contributed by atoms with E-state index in [0.29, 0.717) is 23.3 Å². The van der Waals surface area contributed by atoms with Crippen LogP contribution in [-0.2, 0) is 0 Å². The minimum absolute atomic E-state index is 0.358. The molecule has 6 nitrogen and oxygen atoms in total. The van der Waals surface area contributed by atoms with Crippen LogP contribution in [-0.4, -0.2) is 20.2 Å². The molecule has 0 aliphatic heterocycles. The average molecular weight is 272 g/mol. The average Bonchev–Trinajstić information content (AvgIpc) is 2.87. The van der Waals surface area contributed by atoms with Crippen LogP contribution in [0, 0.1) is 5.92 Å². The summed E-state index contributed by atoms with van der Waals surface area (Å²) in [7, 11) is 0. The summed E-state index contributed by atoms with van der Waals surface area (Å²) in [5.41, 5.74) is 13.9.